The van der Waals surface area contributed by atoms with Crippen molar-refractivity contribution in [2.24, 2.45) is 0 Å². The molecule has 8 aromatic carbocycles. The van der Waals surface area contributed by atoms with Crippen LogP contribution in [0.15, 0.2) is 224 Å². The number of aromatic nitrogens is 2. The van der Waals surface area contributed by atoms with Crippen LogP contribution >= 0.6 is 0 Å². The number of rotatable bonds is 8. The molecule has 56 heavy (non-hydrogen) atoms. The molecule has 0 saturated carbocycles. The Balaban J connectivity index is 1.32. The third-order valence-electron chi connectivity index (χ3n) is 10.6. The van der Waals surface area contributed by atoms with E-state index >= 15 is 0 Å². The Hall–Kier alpha value is -7.49. The van der Waals surface area contributed by atoms with Gasteiger partial charge in [0.2, 0.25) is 0 Å². The third kappa shape index (κ3) is 5.92. The summed E-state index contributed by atoms with van der Waals surface area (Å²) >= 11 is 0. The van der Waals surface area contributed by atoms with Crippen molar-refractivity contribution in [2.75, 3.05) is 4.90 Å². The van der Waals surface area contributed by atoms with Gasteiger partial charge in [0.1, 0.15) is 5.69 Å². The minimum absolute atomic E-state index is 0.947. The zero-order chi connectivity index (χ0) is 37.3. The second kappa shape index (κ2) is 14.4. The quantitative estimate of drug-likeness (QED) is 0.156. The molecular formula is C53H37N3. The van der Waals surface area contributed by atoms with Crippen molar-refractivity contribution in [1.82, 2.24) is 9.61 Å². The first kappa shape index (κ1) is 33.1. The van der Waals surface area contributed by atoms with E-state index in [0.29, 0.717) is 0 Å². The summed E-state index contributed by atoms with van der Waals surface area (Å²) < 4.78 is 2.21. The van der Waals surface area contributed by atoms with Gasteiger partial charge in [0.25, 0.3) is 0 Å². The number of pyridine rings is 1. The first-order valence-corrected chi connectivity index (χ1v) is 19.1. The van der Waals surface area contributed by atoms with Crippen molar-refractivity contribution in [1.29, 1.82) is 0 Å². The molecule has 0 N–H and O–H groups in total. The van der Waals surface area contributed by atoms with Gasteiger partial charge < -0.3 is 4.90 Å². The summed E-state index contributed by atoms with van der Waals surface area (Å²) in [5.41, 5.74) is 15.3. The summed E-state index contributed by atoms with van der Waals surface area (Å²) in [6.07, 6.45) is 0. The molecule has 10 aromatic rings. The molecule has 0 unspecified atom stereocenters. The van der Waals surface area contributed by atoms with Crippen LogP contribution in [0.25, 0.3) is 72.2 Å². The number of anilines is 3. The van der Waals surface area contributed by atoms with Gasteiger partial charge in [-0.05, 0) is 52.1 Å². The fraction of sp³-hybridized carbons (Fsp3) is 0. The molecular weight excluding hydrogens is 679 g/mol. The Labute approximate surface area is 327 Å². The van der Waals surface area contributed by atoms with Crippen LogP contribution < -0.4 is 4.90 Å². The third-order valence-corrected chi connectivity index (χ3v) is 10.6. The molecule has 0 amide bonds. The van der Waals surface area contributed by atoms with Crippen molar-refractivity contribution in [3.8, 4) is 55.9 Å². The van der Waals surface area contributed by atoms with Crippen LogP contribution in [0.4, 0.5) is 17.1 Å². The van der Waals surface area contributed by atoms with Gasteiger partial charge in [-0.1, -0.05) is 200 Å². The predicted octanol–water partition coefficient (Wildman–Crippen LogP) is 14.3. The Morgan fingerprint density at radius 1 is 0.321 bits per heavy atom. The molecule has 0 atom stereocenters. The van der Waals surface area contributed by atoms with E-state index in [1.54, 1.807) is 0 Å². The van der Waals surface area contributed by atoms with E-state index in [4.69, 9.17) is 5.10 Å². The van der Waals surface area contributed by atoms with E-state index in [1.807, 2.05) is 0 Å². The summed E-state index contributed by atoms with van der Waals surface area (Å²) in [6, 6.07) is 79.9. The van der Waals surface area contributed by atoms with Gasteiger partial charge in [-0.3, -0.25) is 0 Å². The van der Waals surface area contributed by atoms with Crippen molar-refractivity contribution in [3.05, 3.63) is 224 Å². The number of nitrogens with zero attached hydrogens (tertiary/aromatic N) is 3. The maximum absolute atomic E-state index is 5.61. The molecule has 0 spiro atoms. The van der Waals surface area contributed by atoms with Gasteiger partial charge in [0.15, 0.2) is 0 Å². The van der Waals surface area contributed by atoms with E-state index in [9.17, 15) is 0 Å². The second-order valence-corrected chi connectivity index (χ2v) is 14.0. The number of hydrogen-bond donors (Lipinski definition) is 0. The predicted molar refractivity (Wildman–Crippen MR) is 235 cm³/mol. The minimum Gasteiger partial charge on any atom is -0.308 e. The van der Waals surface area contributed by atoms with Crippen LogP contribution in [-0.4, -0.2) is 9.61 Å². The first-order chi connectivity index (χ1) is 27.8. The maximum Gasteiger partial charge on any atom is 0.101 e. The highest BCUT2D eigenvalue weighted by Gasteiger charge is 2.28. The van der Waals surface area contributed by atoms with Gasteiger partial charge >= 0.3 is 0 Å². The molecule has 0 radical (unpaired) electrons. The van der Waals surface area contributed by atoms with Crippen molar-refractivity contribution >= 4 is 33.4 Å². The summed E-state index contributed by atoms with van der Waals surface area (Å²) in [7, 11) is 0. The molecule has 0 bridgehead atoms. The maximum atomic E-state index is 5.61. The molecule has 2 aromatic heterocycles. The topological polar surface area (TPSA) is 20.5 Å². The molecule has 0 fully saturated rings. The van der Waals surface area contributed by atoms with E-state index < -0.39 is 0 Å². The van der Waals surface area contributed by atoms with Crippen LogP contribution in [0.3, 0.4) is 0 Å². The van der Waals surface area contributed by atoms with Gasteiger partial charge in [0, 0.05) is 38.8 Å². The average molecular weight is 716 g/mol. The highest BCUT2D eigenvalue weighted by Crippen LogP contribution is 2.49. The molecule has 0 aliphatic carbocycles. The summed E-state index contributed by atoms with van der Waals surface area (Å²) in [5.74, 6) is 0. The lowest BCUT2D eigenvalue weighted by atomic mass is 9.95. The zero-order valence-corrected chi connectivity index (χ0v) is 30.7. The van der Waals surface area contributed by atoms with E-state index in [2.05, 4.69) is 234 Å². The van der Waals surface area contributed by atoms with E-state index in [0.717, 1.165) is 67.0 Å². The van der Waals surface area contributed by atoms with Crippen molar-refractivity contribution < 1.29 is 0 Å². The van der Waals surface area contributed by atoms with E-state index in [1.165, 1.54) is 22.3 Å². The summed E-state index contributed by atoms with van der Waals surface area (Å²) in [4.78, 5) is 2.42. The number of benzene rings is 8. The Kier molecular flexibility index (Phi) is 8.51. The largest absolute Gasteiger partial charge is 0.308 e. The minimum atomic E-state index is 0.947. The molecule has 264 valence electrons. The fourth-order valence-electron chi connectivity index (χ4n) is 7.98. The molecule has 0 aliphatic heterocycles. The molecule has 0 aliphatic rings. The lowest BCUT2D eigenvalue weighted by Gasteiger charge is -2.30. The van der Waals surface area contributed by atoms with Gasteiger partial charge in [-0.2, -0.15) is 5.10 Å². The average Bonchev–Trinajstić information content (AvgIpc) is 3.69. The lowest BCUT2D eigenvalue weighted by Crippen LogP contribution is -2.14. The highest BCUT2D eigenvalue weighted by molar-refractivity contribution is 6.15. The molecule has 10 rings (SSSR count). The monoisotopic (exact) mass is 715 g/mol. The zero-order valence-electron chi connectivity index (χ0n) is 30.7. The SMILES string of the molecule is c1ccc(-c2ccc(N(c3ccc(-c4ccccc4)cc3)c3c(-c4ccccc4)n4nc(-c5ccccc5)c(-c5ccccc5)c4c4ccccc34)cc2)cc1. The smallest absolute Gasteiger partial charge is 0.101 e. The Morgan fingerprint density at radius 3 is 1.18 bits per heavy atom. The van der Waals surface area contributed by atoms with Crippen LogP contribution in [0.1, 0.15) is 0 Å². The number of hydrogen-bond acceptors (Lipinski definition) is 2. The van der Waals surface area contributed by atoms with Crippen molar-refractivity contribution in [2.45, 2.75) is 0 Å². The van der Waals surface area contributed by atoms with Crippen LogP contribution in [0, 0.1) is 0 Å². The van der Waals surface area contributed by atoms with Crippen molar-refractivity contribution in [3.63, 3.8) is 0 Å². The van der Waals surface area contributed by atoms with Gasteiger partial charge in [0.05, 0.1) is 16.9 Å². The normalized spacial score (nSPS) is 11.2. The summed E-state index contributed by atoms with van der Waals surface area (Å²) in [6.45, 7) is 0. The van der Waals surface area contributed by atoms with Crippen LogP contribution in [-0.2, 0) is 0 Å². The second-order valence-electron chi connectivity index (χ2n) is 14.0. The molecule has 3 nitrogen and oxygen atoms in total. The van der Waals surface area contributed by atoms with Crippen LogP contribution in [0.5, 0.6) is 0 Å². The Morgan fingerprint density at radius 2 is 0.696 bits per heavy atom. The molecule has 2 heterocycles. The Bertz CT molecular complexity index is 2820. The molecule has 0 saturated heterocycles. The van der Waals surface area contributed by atoms with Gasteiger partial charge in [-0.15, -0.1) is 0 Å². The lowest BCUT2D eigenvalue weighted by molar-refractivity contribution is 0.976. The van der Waals surface area contributed by atoms with Crippen LogP contribution in [0.2, 0.25) is 0 Å². The highest BCUT2D eigenvalue weighted by atomic mass is 15.3. The fourth-order valence-corrected chi connectivity index (χ4v) is 7.98. The molecule has 3 heteroatoms. The van der Waals surface area contributed by atoms with Gasteiger partial charge in [-0.25, -0.2) is 4.52 Å². The number of fused-ring (bicyclic) bond motifs is 3. The van der Waals surface area contributed by atoms with E-state index in [-0.39, 0.29) is 0 Å². The first-order valence-electron chi connectivity index (χ1n) is 19.1. The standard InChI is InChI=1S/C53H37N3/c1-6-18-38(19-7-1)40-30-34-45(35-31-40)55(46-36-32-41(33-37-46)39-20-8-2-9-21-39)53-48-29-17-16-28-47(48)52-49(42-22-10-3-11-23-42)50(43-24-12-4-13-25-43)54-56(52)51(53)44-26-14-5-15-27-44/h1-37H. The summed E-state index contributed by atoms with van der Waals surface area (Å²) in [5, 5.41) is 7.88.